The lowest BCUT2D eigenvalue weighted by Gasteiger charge is -2.52. The van der Waals surface area contributed by atoms with Crippen molar-refractivity contribution < 1.29 is 9.50 Å². The van der Waals surface area contributed by atoms with Gasteiger partial charge < -0.3 is 19.5 Å². The molecular formula is C22H25FN6O. The molecule has 0 amide bonds. The minimum atomic E-state index is -0.895. The number of anilines is 1. The van der Waals surface area contributed by atoms with Gasteiger partial charge in [0.2, 0.25) is 0 Å². The van der Waals surface area contributed by atoms with Crippen LogP contribution < -0.4 is 4.90 Å². The van der Waals surface area contributed by atoms with E-state index in [4.69, 9.17) is 0 Å². The van der Waals surface area contributed by atoms with E-state index in [1.54, 1.807) is 18.6 Å². The highest BCUT2D eigenvalue weighted by molar-refractivity contribution is 5.69. The Morgan fingerprint density at radius 3 is 2.67 bits per heavy atom. The molecule has 2 bridgehead atoms. The second-order valence-electron chi connectivity index (χ2n) is 8.34. The predicted molar refractivity (Wildman–Crippen MR) is 112 cm³/mol. The van der Waals surface area contributed by atoms with Crippen molar-refractivity contribution in [1.82, 2.24) is 24.6 Å². The first-order chi connectivity index (χ1) is 14.5. The van der Waals surface area contributed by atoms with Crippen LogP contribution in [0.2, 0.25) is 0 Å². The molecule has 30 heavy (non-hydrogen) atoms. The Balaban J connectivity index is 1.37. The number of hydrogen-bond acceptors (Lipinski definition) is 6. The number of halogens is 1. The summed E-state index contributed by atoms with van der Waals surface area (Å²) in [5.41, 5.74) is 1.98. The fraction of sp³-hybridized carbons (Fsp3) is 0.409. The van der Waals surface area contributed by atoms with Crippen LogP contribution in [0, 0.1) is 5.92 Å². The quantitative estimate of drug-likeness (QED) is 0.716. The van der Waals surface area contributed by atoms with Gasteiger partial charge in [-0.2, -0.15) is 0 Å². The minimum Gasteiger partial charge on any atom is -0.507 e. The van der Waals surface area contributed by atoms with Crippen molar-refractivity contribution in [3.63, 3.8) is 0 Å². The van der Waals surface area contributed by atoms with Gasteiger partial charge in [-0.3, -0.25) is 0 Å². The van der Waals surface area contributed by atoms with Gasteiger partial charge in [0.1, 0.15) is 11.9 Å². The molecule has 2 aromatic heterocycles. The van der Waals surface area contributed by atoms with E-state index in [1.165, 1.54) is 0 Å². The number of aromatic nitrogens is 4. The smallest absolute Gasteiger partial charge is 0.151 e. The van der Waals surface area contributed by atoms with Gasteiger partial charge in [-0.1, -0.05) is 0 Å². The van der Waals surface area contributed by atoms with E-state index in [1.807, 2.05) is 54.0 Å². The fourth-order valence-electron chi connectivity index (χ4n) is 5.02. The first kappa shape index (κ1) is 19.0. The number of nitrogens with zero attached hydrogens (tertiary/aromatic N) is 6. The van der Waals surface area contributed by atoms with Gasteiger partial charge in [-0.25, -0.2) is 9.37 Å². The van der Waals surface area contributed by atoms with Gasteiger partial charge in [0.25, 0.3) is 0 Å². The van der Waals surface area contributed by atoms with Crippen molar-refractivity contribution in [2.45, 2.75) is 31.1 Å². The van der Waals surface area contributed by atoms with Crippen molar-refractivity contribution >= 4 is 5.82 Å². The third kappa shape index (κ3) is 3.11. The van der Waals surface area contributed by atoms with Crippen LogP contribution in [0.15, 0.2) is 49.1 Å². The Kier molecular flexibility index (Phi) is 4.66. The van der Waals surface area contributed by atoms with Crippen LogP contribution in [-0.4, -0.2) is 68.7 Å². The summed E-state index contributed by atoms with van der Waals surface area (Å²) in [6.45, 7) is 0.919. The number of fused-ring (bicyclic) bond motifs is 3. The molecule has 7 nitrogen and oxygen atoms in total. The molecule has 0 unspecified atom stereocenters. The summed E-state index contributed by atoms with van der Waals surface area (Å²) >= 11 is 0. The second kappa shape index (κ2) is 7.36. The number of benzene rings is 1. The minimum absolute atomic E-state index is 0.0133. The predicted octanol–water partition coefficient (Wildman–Crippen LogP) is 2.90. The summed E-state index contributed by atoms with van der Waals surface area (Å²) < 4.78 is 16.9. The molecule has 1 saturated carbocycles. The number of alkyl halides is 1. The number of rotatable bonds is 4. The summed E-state index contributed by atoms with van der Waals surface area (Å²) in [5, 5.41) is 19.2. The van der Waals surface area contributed by atoms with Crippen LogP contribution in [-0.2, 0) is 0 Å². The zero-order valence-electron chi connectivity index (χ0n) is 17.1. The number of aromatic hydroxyl groups is 1. The molecule has 3 aromatic rings. The fourth-order valence-corrected chi connectivity index (χ4v) is 5.02. The van der Waals surface area contributed by atoms with Crippen LogP contribution in [0.25, 0.3) is 16.9 Å². The van der Waals surface area contributed by atoms with Crippen LogP contribution in [0.4, 0.5) is 10.2 Å². The van der Waals surface area contributed by atoms with Crippen molar-refractivity contribution in [2.75, 3.05) is 25.5 Å². The molecule has 6 rings (SSSR count). The Labute approximate surface area is 174 Å². The van der Waals surface area contributed by atoms with Crippen LogP contribution in [0.5, 0.6) is 5.75 Å². The maximum absolute atomic E-state index is 15.1. The van der Waals surface area contributed by atoms with Crippen molar-refractivity contribution in [2.24, 2.45) is 5.92 Å². The third-order valence-corrected chi connectivity index (χ3v) is 6.62. The maximum atomic E-state index is 15.1. The molecule has 2 saturated heterocycles. The molecule has 0 radical (unpaired) electrons. The van der Waals surface area contributed by atoms with Crippen molar-refractivity contribution in [1.29, 1.82) is 0 Å². The molecule has 3 fully saturated rings. The molecule has 1 aromatic carbocycles. The summed E-state index contributed by atoms with van der Waals surface area (Å²) in [6, 6.07) is 8.85. The van der Waals surface area contributed by atoms with Crippen LogP contribution >= 0.6 is 0 Å². The van der Waals surface area contributed by atoms with Gasteiger partial charge in [0, 0.05) is 43.7 Å². The topological polar surface area (TPSA) is 70.3 Å². The zero-order chi connectivity index (χ0) is 20.8. The summed E-state index contributed by atoms with van der Waals surface area (Å²) in [4.78, 5) is 8.11. The zero-order valence-corrected chi connectivity index (χ0v) is 17.1. The standard InChI is InChI=1S/C22H25FN6O/c1-27-12-14-3-7-18(27)21(23)22(14)28(2)20-8-6-17(25-26-20)16-5-4-15(11-19(16)30)29-10-9-24-13-29/h4-6,8-11,13-14,18,21-22,30H,3,7,12H2,1-2H3/t14-,18+,21-,22+/m0/s1. The highest BCUT2D eigenvalue weighted by Gasteiger charge is 2.48. The molecule has 1 N–H and O–H groups in total. The normalized spacial score (nSPS) is 26.1. The number of imidazole rings is 1. The number of piperidine rings is 2. The van der Waals surface area contributed by atoms with Gasteiger partial charge in [-0.05, 0) is 50.1 Å². The van der Waals surface area contributed by atoms with E-state index in [0.717, 1.165) is 25.1 Å². The largest absolute Gasteiger partial charge is 0.507 e. The average molecular weight is 408 g/mol. The van der Waals surface area contributed by atoms with E-state index < -0.39 is 6.17 Å². The van der Waals surface area contributed by atoms with Crippen LogP contribution in [0.1, 0.15) is 12.8 Å². The Hall–Kier alpha value is -3.00. The molecule has 8 heteroatoms. The summed E-state index contributed by atoms with van der Waals surface area (Å²) in [7, 11) is 3.91. The SMILES string of the molecule is CN1C[C@@H]2CC[C@@H]1[C@H](F)[C@@H]2N(C)c1ccc(-c2ccc(-n3ccnc3)cc2O)nn1. The van der Waals surface area contributed by atoms with E-state index in [-0.39, 0.29) is 17.8 Å². The lowest BCUT2D eigenvalue weighted by Crippen LogP contribution is -2.64. The first-order valence-electron chi connectivity index (χ1n) is 10.3. The van der Waals surface area contributed by atoms with Gasteiger partial charge in [0.15, 0.2) is 5.82 Å². The molecule has 156 valence electrons. The van der Waals surface area contributed by atoms with E-state index >= 15 is 4.39 Å². The number of phenolic OH excluding ortho intramolecular Hbond substituents is 1. The average Bonchev–Trinajstić information content (AvgIpc) is 3.29. The molecule has 1 aliphatic carbocycles. The monoisotopic (exact) mass is 408 g/mol. The molecular weight excluding hydrogens is 383 g/mol. The first-order valence-corrected chi connectivity index (χ1v) is 10.3. The van der Waals surface area contributed by atoms with Gasteiger partial charge >= 0.3 is 0 Å². The summed E-state index contributed by atoms with van der Waals surface area (Å²) in [5.74, 6) is 1.06. The van der Waals surface area contributed by atoms with Gasteiger partial charge in [0.05, 0.1) is 23.8 Å². The van der Waals surface area contributed by atoms with E-state index in [9.17, 15) is 5.11 Å². The molecule has 3 aliphatic rings. The number of hydrogen-bond donors (Lipinski definition) is 1. The second-order valence-corrected chi connectivity index (χ2v) is 8.34. The molecule has 4 heterocycles. The van der Waals surface area contributed by atoms with Crippen LogP contribution in [0.3, 0.4) is 0 Å². The van der Waals surface area contributed by atoms with Crippen molar-refractivity contribution in [3.05, 3.63) is 49.1 Å². The Morgan fingerprint density at radius 2 is 2.03 bits per heavy atom. The number of phenols is 1. The molecule has 0 spiro atoms. The maximum Gasteiger partial charge on any atom is 0.151 e. The third-order valence-electron chi connectivity index (χ3n) is 6.62. The van der Waals surface area contributed by atoms with E-state index in [2.05, 4.69) is 20.1 Å². The van der Waals surface area contributed by atoms with Crippen molar-refractivity contribution in [3.8, 4) is 22.7 Å². The summed E-state index contributed by atoms with van der Waals surface area (Å²) in [6.07, 6.45) is 6.25. The van der Waals surface area contributed by atoms with Gasteiger partial charge in [-0.15, -0.1) is 10.2 Å². The highest BCUT2D eigenvalue weighted by Crippen LogP contribution is 2.39. The Bertz CT molecular complexity index is 1020. The highest BCUT2D eigenvalue weighted by atomic mass is 19.1. The molecule has 4 atom stereocenters. The van der Waals surface area contributed by atoms with E-state index in [0.29, 0.717) is 23.0 Å². The Morgan fingerprint density at radius 1 is 1.17 bits per heavy atom. The molecule has 2 aliphatic heterocycles. The lowest BCUT2D eigenvalue weighted by atomic mass is 9.74. The lowest BCUT2D eigenvalue weighted by molar-refractivity contribution is -0.0177.